The number of phenolic OH excluding ortho intramolecular Hbond substituents is 1. The van der Waals surface area contributed by atoms with Crippen molar-refractivity contribution in [3.05, 3.63) is 23.8 Å². The molecule has 1 atom stereocenters. The molecule has 0 radical (unpaired) electrons. The monoisotopic (exact) mass is 229 g/mol. The Hall–Kier alpha value is -1.69. The second-order valence-electron chi connectivity index (χ2n) is 3.62. The van der Waals surface area contributed by atoms with Crippen LogP contribution in [0.2, 0.25) is 0 Å². The number of aliphatic hydroxyl groups excluding tert-OH is 1. The number of anilines is 1. The van der Waals surface area contributed by atoms with Gasteiger partial charge in [0.2, 0.25) is 5.91 Å². The number of hydrogen-bond acceptors (Lipinski definition) is 3. The lowest BCUT2D eigenvalue weighted by atomic mass is 10.2. The fraction of sp³-hybridized carbons (Fsp3) is 0.300. The standard InChI is InChI=1S/C10H9F2NO3/c11-6-2-7(12)9(15)3-8(6)13-4-5(14)1-10(13)16/h2-3,5,14-15H,1,4H2. The number of nitrogens with zero attached hydrogens (tertiary/aromatic N) is 1. The zero-order valence-electron chi connectivity index (χ0n) is 8.15. The van der Waals surface area contributed by atoms with E-state index in [9.17, 15) is 18.7 Å². The lowest BCUT2D eigenvalue weighted by Gasteiger charge is -2.16. The van der Waals surface area contributed by atoms with Gasteiger partial charge in [-0.15, -0.1) is 0 Å². The van der Waals surface area contributed by atoms with Crippen LogP contribution in [0.1, 0.15) is 6.42 Å². The highest BCUT2D eigenvalue weighted by atomic mass is 19.1. The van der Waals surface area contributed by atoms with Gasteiger partial charge in [0.1, 0.15) is 5.82 Å². The Morgan fingerprint density at radius 1 is 1.31 bits per heavy atom. The summed E-state index contributed by atoms with van der Waals surface area (Å²) in [6.45, 7) is -0.0547. The molecule has 0 spiro atoms. The first kappa shape index (κ1) is 10.8. The number of phenols is 1. The average Bonchev–Trinajstić information content (AvgIpc) is 2.51. The molecule has 86 valence electrons. The van der Waals surface area contributed by atoms with Crippen molar-refractivity contribution >= 4 is 11.6 Å². The zero-order chi connectivity index (χ0) is 11.9. The fourth-order valence-electron chi connectivity index (χ4n) is 1.65. The Morgan fingerprint density at radius 2 is 2.00 bits per heavy atom. The van der Waals surface area contributed by atoms with E-state index in [1.807, 2.05) is 0 Å². The summed E-state index contributed by atoms with van der Waals surface area (Å²) < 4.78 is 26.1. The Morgan fingerprint density at radius 3 is 2.56 bits per heavy atom. The summed E-state index contributed by atoms with van der Waals surface area (Å²) in [7, 11) is 0. The Bertz CT molecular complexity index is 450. The van der Waals surface area contributed by atoms with Crippen molar-refractivity contribution in [3.63, 3.8) is 0 Å². The first-order valence-corrected chi connectivity index (χ1v) is 4.65. The van der Waals surface area contributed by atoms with E-state index in [4.69, 9.17) is 5.11 Å². The summed E-state index contributed by atoms with van der Waals surface area (Å²) in [6, 6.07) is 1.34. The Kier molecular flexibility index (Phi) is 2.51. The molecule has 6 heteroatoms. The summed E-state index contributed by atoms with van der Waals surface area (Å²) >= 11 is 0. The highest BCUT2D eigenvalue weighted by molar-refractivity contribution is 5.96. The van der Waals surface area contributed by atoms with E-state index in [0.29, 0.717) is 6.07 Å². The number of hydrogen-bond donors (Lipinski definition) is 2. The molecule has 1 unspecified atom stereocenters. The maximum absolute atomic E-state index is 13.4. The maximum Gasteiger partial charge on any atom is 0.229 e. The molecule has 1 amide bonds. The van der Waals surface area contributed by atoms with Crippen LogP contribution in [-0.4, -0.2) is 28.8 Å². The Balaban J connectivity index is 2.41. The molecule has 0 aromatic heterocycles. The summed E-state index contributed by atoms with van der Waals surface area (Å²) in [5, 5.41) is 18.3. The third-order valence-electron chi connectivity index (χ3n) is 2.41. The molecule has 1 aliphatic rings. The van der Waals surface area contributed by atoms with Crippen LogP contribution in [0.15, 0.2) is 12.1 Å². The third-order valence-corrected chi connectivity index (χ3v) is 2.41. The molecule has 0 bridgehead atoms. The van der Waals surface area contributed by atoms with E-state index in [1.165, 1.54) is 0 Å². The molecule has 1 aromatic rings. The molecule has 2 N–H and O–H groups in total. The largest absolute Gasteiger partial charge is 0.505 e. The molecule has 1 aliphatic heterocycles. The molecule has 0 aliphatic carbocycles. The van der Waals surface area contributed by atoms with Crippen molar-refractivity contribution in [2.24, 2.45) is 0 Å². The van der Waals surface area contributed by atoms with Gasteiger partial charge in [0.25, 0.3) is 0 Å². The summed E-state index contributed by atoms with van der Waals surface area (Å²) in [6.07, 6.45) is -0.962. The highest BCUT2D eigenvalue weighted by Crippen LogP contribution is 2.30. The van der Waals surface area contributed by atoms with Crippen LogP contribution >= 0.6 is 0 Å². The van der Waals surface area contributed by atoms with Gasteiger partial charge in [0.05, 0.1) is 24.8 Å². The van der Waals surface area contributed by atoms with Gasteiger partial charge in [0.15, 0.2) is 11.6 Å². The van der Waals surface area contributed by atoms with Gasteiger partial charge in [-0.1, -0.05) is 0 Å². The van der Waals surface area contributed by atoms with Crippen molar-refractivity contribution < 1.29 is 23.8 Å². The van der Waals surface area contributed by atoms with Gasteiger partial charge in [-0.05, 0) is 0 Å². The minimum Gasteiger partial charge on any atom is -0.505 e. The second-order valence-corrected chi connectivity index (χ2v) is 3.62. The maximum atomic E-state index is 13.4. The molecule has 16 heavy (non-hydrogen) atoms. The fourth-order valence-corrected chi connectivity index (χ4v) is 1.65. The van der Waals surface area contributed by atoms with E-state index < -0.39 is 29.4 Å². The van der Waals surface area contributed by atoms with Gasteiger partial charge < -0.3 is 15.1 Å². The summed E-state index contributed by atoms with van der Waals surface area (Å²) in [5.74, 6) is -3.23. The predicted molar refractivity (Wildman–Crippen MR) is 51.0 cm³/mol. The molecule has 1 aromatic carbocycles. The molecule has 0 saturated carbocycles. The number of β-amino-alcohol motifs (C(OH)–C–C–N with tert-alkyl or cyclic N) is 1. The van der Waals surface area contributed by atoms with E-state index in [0.717, 1.165) is 11.0 Å². The first-order chi connectivity index (χ1) is 7.49. The number of amides is 1. The van der Waals surface area contributed by atoms with Crippen molar-refractivity contribution in [2.75, 3.05) is 11.4 Å². The van der Waals surface area contributed by atoms with Crippen molar-refractivity contribution in [1.82, 2.24) is 0 Å². The van der Waals surface area contributed by atoms with Gasteiger partial charge in [-0.25, -0.2) is 8.78 Å². The van der Waals surface area contributed by atoms with Crippen LogP contribution < -0.4 is 4.90 Å². The lowest BCUT2D eigenvalue weighted by Crippen LogP contribution is -2.26. The van der Waals surface area contributed by atoms with Gasteiger partial charge in [0, 0.05) is 12.1 Å². The highest BCUT2D eigenvalue weighted by Gasteiger charge is 2.31. The SMILES string of the molecule is O=C1CC(O)CN1c1cc(O)c(F)cc1F. The normalized spacial score (nSPS) is 20.6. The summed E-state index contributed by atoms with van der Waals surface area (Å²) in [5.41, 5.74) is -0.222. The summed E-state index contributed by atoms with van der Waals surface area (Å²) in [4.78, 5) is 12.3. The van der Waals surface area contributed by atoms with Crippen LogP contribution in [0.4, 0.5) is 14.5 Å². The Labute approximate surface area is 89.7 Å². The van der Waals surface area contributed by atoms with Gasteiger partial charge >= 0.3 is 0 Å². The molecule has 1 heterocycles. The molecular weight excluding hydrogens is 220 g/mol. The van der Waals surface area contributed by atoms with Crippen LogP contribution in [0, 0.1) is 11.6 Å². The smallest absolute Gasteiger partial charge is 0.229 e. The number of carbonyl (C=O) groups excluding carboxylic acids is 1. The van der Waals surface area contributed by atoms with E-state index in [1.54, 1.807) is 0 Å². The second kappa shape index (κ2) is 3.71. The van der Waals surface area contributed by atoms with Crippen LogP contribution in [-0.2, 0) is 4.79 Å². The minimum atomic E-state index is -1.09. The van der Waals surface area contributed by atoms with E-state index in [-0.39, 0.29) is 18.7 Å². The number of halogens is 2. The van der Waals surface area contributed by atoms with Crippen LogP contribution in [0.3, 0.4) is 0 Å². The molecular formula is C10H9F2NO3. The molecule has 1 fully saturated rings. The van der Waals surface area contributed by atoms with Gasteiger partial charge in [-0.3, -0.25) is 4.79 Å². The van der Waals surface area contributed by atoms with Crippen molar-refractivity contribution in [1.29, 1.82) is 0 Å². The van der Waals surface area contributed by atoms with Crippen molar-refractivity contribution in [2.45, 2.75) is 12.5 Å². The molecule has 2 rings (SSSR count). The van der Waals surface area contributed by atoms with E-state index in [2.05, 4.69) is 0 Å². The quantitative estimate of drug-likeness (QED) is 0.747. The number of carbonyl (C=O) groups is 1. The predicted octanol–water partition coefficient (Wildman–Crippen LogP) is 0.768. The van der Waals surface area contributed by atoms with E-state index >= 15 is 0 Å². The van der Waals surface area contributed by atoms with Crippen LogP contribution in [0.25, 0.3) is 0 Å². The third kappa shape index (κ3) is 1.71. The van der Waals surface area contributed by atoms with Crippen molar-refractivity contribution in [3.8, 4) is 5.75 Å². The molecule has 4 nitrogen and oxygen atoms in total. The first-order valence-electron chi connectivity index (χ1n) is 4.65. The van der Waals surface area contributed by atoms with Gasteiger partial charge in [-0.2, -0.15) is 0 Å². The number of benzene rings is 1. The average molecular weight is 229 g/mol. The number of aromatic hydroxyl groups is 1. The number of rotatable bonds is 1. The lowest BCUT2D eigenvalue weighted by molar-refractivity contribution is -0.117. The zero-order valence-corrected chi connectivity index (χ0v) is 8.15. The number of aliphatic hydroxyl groups is 1. The topological polar surface area (TPSA) is 60.8 Å². The van der Waals surface area contributed by atoms with Crippen LogP contribution in [0.5, 0.6) is 5.75 Å². The molecule has 1 saturated heterocycles. The minimum absolute atomic E-state index is 0.0547.